The second-order valence-corrected chi connectivity index (χ2v) is 2.82. The number of rotatable bonds is 3. The molecule has 0 spiro atoms. The Bertz CT molecular complexity index is 288. The molecule has 12 heavy (non-hydrogen) atoms. The molecule has 0 amide bonds. The lowest BCUT2D eigenvalue weighted by molar-refractivity contribution is 0.631. The molecule has 0 saturated carbocycles. The van der Waals surface area contributed by atoms with E-state index in [1.807, 2.05) is 0 Å². The second kappa shape index (κ2) is 4.01. The first-order chi connectivity index (χ1) is 5.70. The third kappa shape index (κ3) is 2.47. The van der Waals surface area contributed by atoms with E-state index in [0.29, 0.717) is 17.2 Å². The van der Waals surface area contributed by atoms with Gasteiger partial charge in [0.25, 0.3) is 0 Å². The van der Waals surface area contributed by atoms with Gasteiger partial charge < -0.3 is 11.1 Å². The van der Waals surface area contributed by atoms with Gasteiger partial charge in [0.2, 0.25) is 0 Å². The van der Waals surface area contributed by atoms with Crippen molar-refractivity contribution in [2.24, 2.45) is 5.73 Å². The van der Waals surface area contributed by atoms with Crippen LogP contribution in [0.2, 0.25) is 0 Å². The molecule has 2 nitrogen and oxygen atoms in total. The first kappa shape index (κ1) is 8.93. The van der Waals surface area contributed by atoms with Crippen LogP contribution in [0.4, 0.5) is 10.1 Å². The number of anilines is 1. The van der Waals surface area contributed by atoms with Crippen molar-refractivity contribution in [1.29, 1.82) is 0 Å². The summed E-state index contributed by atoms with van der Waals surface area (Å²) in [5.74, 6) is -0.297. The minimum Gasteiger partial charge on any atom is -0.392 e. The lowest BCUT2D eigenvalue weighted by Gasteiger charge is -2.04. The molecule has 1 aromatic carbocycles. The third-order valence-corrected chi connectivity index (χ3v) is 1.47. The smallest absolute Gasteiger partial charge is 0.146 e. The van der Waals surface area contributed by atoms with Gasteiger partial charge in [-0.1, -0.05) is 24.4 Å². The highest BCUT2D eigenvalue weighted by Gasteiger charge is 1.98. The Labute approximate surface area is 75.6 Å². The highest BCUT2D eigenvalue weighted by molar-refractivity contribution is 7.80. The number of hydrogen-bond donors (Lipinski definition) is 2. The molecular weight excluding hydrogens is 175 g/mol. The van der Waals surface area contributed by atoms with Crippen LogP contribution in [0.25, 0.3) is 0 Å². The minimum absolute atomic E-state index is 0.297. The monoisotopic (exact) mass is 184 g/mol. The number of benzene rings is 1. The Balaban J connectivity index is 2.63. The lowest BCUT2D eigenvalue weighted by Crippen LogP contribution is -2.20. The minimum atomic E-state index is -0.297. The molecule has 3 N–H and O–H groups in total. The van der Waals surface area contributed by atoms with Gasteiger partial charge in [0.15, 0.2) is 0 Å². The summed E-state index contributed by atoms with van der Waals surface area (Å²) in [6.45, 7) is 0.316. The van der Waals surface area contributed by atoms with Gasteiger partial charge >= 0.3 is 0 Å². The van der Waals surface area contributed by atoms with Crippen molar-refractivity contribution in [1.82, 2.24) is 0 Å². The van der Waals surface area contributed by atoms with E-state index in [1.165, 1.54) is 6.07 Å². The quantitative estimate of drug-likeness (QED) is 0.699. The molecule has 0 aliphatic rings. The fraction of sp³-hybridized carbons (Fsp3) is 0.125. The molecule has 0 unspecified atom stereocenters. The van der Waals surface area contributed by atoms with E-state index in [2.05, 4.69) is 17.5 Å². The average molecular weight is 184 g/mol. The summed E-state index contributed by atoms with van der Waals surface area (Å²) in [5, 5.41) is 2.77. The van der Waals surface area contributed by atoms with Gasteiger partial charge in [-0.15, -0.1) is 0 Å². The number of hydrogen-bond acceptors (Lipinski definition) is 2. The topological polar surface area (TPSA) is 38.0 Å². The SMILES string of the molecule is NC(=S)CNc1ccccc1F. The van der Waals surface area contributed by atoms with Gasteiger partial charge in [0.05, 0.1) is 17.2 Å². The number of thiocarbonyl (C=S) groups is 1. The zero-order chi connectivity index (χ0) is 8.97. The van der Waals surface area contributed by atoms with Crippen LogP contribution in [-0.2, 0) is 0 Å². The van der Waals surface area contributed by atoms with Crippen LogP contribution in [0.3, 0.4) is 0 Å². The van der Waals surface area contributed by atoms with Gasteiger partial charge in [0.1, 0.15) is 5.82 Å². The standard InChI is InChI=1S/C8H9FN2S/c9-6-3-1-2-4-7(6)11-5-8(10)12/h1-4,11H,5H2,(H2,10,12). The molecular formula is C8H9FN2S. The van der Waals surface area contributed by atoms with Crippen LogP contribution in [0.5, 0.6) is 0 Å². The van der Waals surface area contributed by atoms with Crippen molar-refractivity contribution in [2.75, 3.05) is 11.9 Å². The molecule has 0 bridgehead atoms. The van der Waals surface area contributed by atoms with Gasteiger partial charge in [0, 0.05) is 0 Å². The Kier molecular flexibility index (Phi) is 2.99. The predicted molar refractivity (Wildman–Crippen MR) is 51.7 cm³/mol. The first-order valence-electron chi connectivity index (χ1n) is 3.47. The van der Waals surface area contributed by atoms with Crippen molar-refractivity contribution in [3.8, 4) is 0 Å². The van der Waals surface area contributed by atoms with E-state index in [4.69, 9.17) is 5.73 Å². The van der Waals surface area contributed by atoms with E-state index in [-0.39, 0.29) is 5.82 Å². The van der Waals surface area contributed by atoms with Crippen molar-refractivity contribution >= 4 is 22.9 Å². The molecule has 0 heterocycles. The third-order valence-electron chi connectivity index (χ3n) is 1.33. The maximum atomic E-state index is 12.9. The van der Waals surface area contributed by atoms with E-state index in [9.17, 15) is 4.39 Å². The fourth-order valence-electron chi connectivity index (χ4n) is 0.787. The maximum absolute atomic E-state index is 12.9. The normalized spacial score (nSPS) is 9.42. The maximum Gasteiger partial charge on any atom is 0.146 e. The summed E-state index contributed by atoms with van der Waals surface area (Å²) in [6.07, 6.45) is 0. The molecule has 0 aromatic heterocycles. The van der Waals surface area contributed by atoms with Crippen molar-refractivity contribution < 1.29 is 4.39 Å². The Morgan fingerprint density at radius 2 is 2.17 bits per heavy atom. The first-order valence-corrected chi connectivity index (χ1v) is 3.87. The summed E-state index contributed by atoms with van der Waals surface area (Å²) in [7, 11) is 0. The second-order valence-electron chi connectivity index (χ2n) is 2.30. The summed E-state index contributed by atoms with van der Waals surface area (Å²) < 4.78 is 12.9. The van der Waals surface area contributed by atoms with Crippen molar-refractivity contribution in [3.63, 3.8) is 0 Å². The highest BCUT2D eigenvalue weighted by Crippen LogP contribution is 2.11. The zero-order valence-electron chi connectivity index (χ0n) is 6.38. The van der Waals surface area contributed by atoms with E-state index in [0.717, 1.165) is 0 Å². The molecule has 0 saturated heterocycles. The number of nitrogens with two attached hydrogens (primary N) is 1. The Hall–Kier alpha value is -1.16. The lowest BCUT2D eigenvalue weighted by atomic mass is 10.3. The van der Waals surface area contributed by atoms with Crippen LogP contribution in [0.15, 0.2) is 24.3 Å². The molecule has 0 atom stereocenters. The highest BCUT2D eigenvalue weighted by atomic mass is 32.1. The number of halogens is 1. The molecule has 0 radical (unpaired) electrons. The van der Waals surface area contributed by atoms with Crippen LogP contribution in [0, 0.1) is 5.82 Å². The zero-order valence-corrected chi connectivity index (χ0v) is 7.20. The summed E-state index contributed by atoms with van der Waals surface area (Å²) in [4.78, 5) is 0.318. The molecule has 4 heteroatoms. The van der Waals surface area contributed by atoms with Crippen LogP contribution in [0.1, 0.15) is 0 Å². The molecule has 1 rings (SSSR count). The van der Waals surface area contributed by atoms with Crippen LogP contribution < -0.4 is 11.1 Å². The van der Waals surface area contributed by atoms with Crippen molar-refractivity contribution in [2.45, 2.75) is 0 Å². The Morgan fingerprint density at radius 1 is 1.50 bits per heavy atom. The molecule has 1 aromatic rings. The summed E-state index contributed by atoms with van der Waals surface area (Å²) >= 11 is 4.63. The van der Waals surface area contributed by atoms with Gasteiger partial charge in [-0.05, 0) is 12.1 Å². The average Bonchev–Trinajstić information content (AvgIpc) is 2.03. The van der Waals surface area contributed by atoms with Gasteiger partial charge in [-0.3, -0.25) is 0 Å². The van der Waals surface area contributed by atoms with Crippen LogP contribution >= 0.6 is 12.2 Å². The number of para-hydroxylation sites is 1. The molecule has 64 valence electrons. The molecule has 0 fully saturated rings. The summed E-state index contributed by atoms with van der Waals surface area (Å²) in [6, 6.07) is 6.38. The molecule has 0 aliphatic carbocycles. The largest absolute Gasteiger partial charge is 0.392 e. The predicted octanol–water partition coefficient (Wildman–Crippen LogP) is 1.52. The van der Waals surface area contributed by atoms with E-state index >= 15 is 0 Å². The number of nitrogens with one attached hydrogen (secondary N) is 1. The van der Waals surface area contributed by atoms with E-state index < -0.39 is 0 Å². The Morgan fingerprint density at radius 3 is 2.75 bits per heavy atom. The van der Waals surface area contributed by atoms with Gasteiger partial charge in [-0.2, -0.15) is 0 Å². The molecule has 0 aliphatic heterocycles. The van der Waals surface area contributed by atoms with Gasteiger partial charge in [-0.25, -0.2) is 4.39 Å². The van der Waals surface area contributed by atoms with Crippen molar-refractivity contribution in [3.05, 3.63) is 30.1 Å². The fourth-order valence-corrected chi connectivity index (χ4v) is 0.859. The van der Waals surface area contributed by atoms with Crippen LogP contribution in [-0.4, -0.2) is 11.5 Å². The van der Waals surface area contributed by atoms with E-state index in [1.54, 1.807) is 18.2 Å². The summed E-state index contributed by atoms with van der Waals surface area (Å²) in [5.41, 5.74) is 5.66.